The Hall–Kier alpha value is -3.82. The monoisotopic (exact) mass is 592 g/mol. The second kappa shape index (κ2) is 12.1. The highest BCUT2D eigenvalue weighted by Gasteiger charge is 2.29. The molecular weight excluding hydrogens is 548 g/mol. The Morgan fingerprint density at radius 3 is 2.00 bits per heavy atom. The van der Waals surface area contributed by atoms with Gasteiger partial charge >= 0.3 is 6.09 Å². The number of carboxylic acid groups (broad SMARTS) is 1. The van der Waals surface area contributed by atoms with E-state index in [0.29, 0.717) is 59.6 Å². The third kappa shape index (κ3) is 7.22. The molecule has 232 valence electrons. The molecule has 0 spiro atoms. The van der Waals surface area contributed by atoms with E-state index in [-0.39, 0.29) is 17.7 Å². The predicted molar refractivity (Wildman–Crippen MR) is 166 cm³/mol. The van der Waals surface area contributed by atoms with Crippen LogP contribution in [0.25, 0.3) is 11.1 Å². The van der Waals surface area contributed by atoms with Crippen molar-refractivity contribution in [3.8, 4) is 28.4 Å². The molecule has 1 fully saturated rings. The Labute approximate surface area is 253 Å². The lowest BCUT2D eigenvalue weighted by Gasteiger charge is -2.33. The zero-order valence-electron chi connectivity index (χ0n) is 26.4. The summed E-state index contributed by atoms with van der Waals surface area (Å²) in [5.41, 5.74) is 2.08. The molecule has 9 heteroatoms. The zero-order chi connectivity index (χ0) is 31.9. The van der Waals surface area contributed by atoms with Crippen LogP contribution in [0, 0.1) is 13.8 Å². The van der Waals surface area contributed by atoms with Gasteiger partial charge in [-0.25, -0.2) is 4.79 Å². The lowest BCUT2D eigenvalue weighted by atomic mass is 9.91. The maximum absolute atomic E-state index is 12.8. The van der Waals surface area contributed by atoms with Gasteiger partial charge in [0.15, 0.2) is 0 Å². The summed E-state index contributed by atoms with van der Waals surface area (Å²) in [6, 6.07) is 10.7. The highest BCUT2D eigenvalue weighted by molar-refractivity contribution is 5.76. The fourth-order valence-electron chi connectivity index (χ4n) is 5.58. The van der Waals surface area contributed by atoms with Crippen LogP contribution in [-0.4, -0.2) is 50.1 Å². The molecule has 0 atom stereocenters. The molecule has 3 N–H and O–H groups in total. The van der Waals surface area contributed by atoms with Gasteiger partial charge in [0.2, 0.25) is 0 Å². The van der Waals surface area contributed by atoms with Crippen molar-refractivity contribution < 1.29 is 29.6 Å². The Balaban J connectivity index is 1.77. The average molecular weight is 593 g/mol. The minimum absolute atomic E-state index is 0.0711. The third-order valence-electron chi connectivity index (χ3n) is 8.33. The van der Waals surface area contributed by atoms with Crippen molar-refractivity contribution in [2.24, 2.45) is 7.05 Å². The number of pyridine rings is 1. The number of aliphatic hydroxyl groups is 2. The van der Waals surface area contributed by atoms with Crippen molar-refractivity contribution in [3.05, 3.63) is 75.2 Å². The molecule has 4 rings (SSSR count). The molecular formula is C34H44N2O7. The van der Waals surface area contributed by atoms with Crippen LogP contribution < -0.4 is 15.0 Å². The molecule has 1 aliphatic rings. The molecule has 2 aromatic carbocycles. The number of hydrogen-bond donors (Lipinski definition) is 3. The fraction of sp³-hybridized carbons (Fsp3) is 0.471. The maximum Gasteiger partial charge on any atom is 0.407 e. The first-order valence-corrected chi connectivity index (χ1v) is 14.7. The second-order valence-electron chi connectivity index (χ2n) is 12.8. The van der Waals surface area contributed by atoms with Gasteiger partial charge in [0.05, 0.1) is 17.3 Å². The molecule has 0 aliphatic heterocycles. The van der Waals surface area contributed by atoms with E-state index in [9.17, 15) is 24.9 Å². The van der Waals surface area contributed by atoms with E-state index in [1.807, 2.05) is 44.2 Å². The summed E-state index contributed by atoms with van der Waals surface area (Å²) < 4.78 is 14.5. The number of aromatic nitrogens is 1. The number of nitrogens with zero attached hydrogens (tertiary/aromatic N) is 2. The van der Waals surface area contributed by atoms with Crippen molar-refractivity contribution in [1.29, 1.82) is 0 Å². The molecule has 3 aromatic rings. The summed E-state index contributed by atoms with van der Waals surface area (Å²) in [6.07, 6.45) is 3.20. The fourth-order valence-corrected chi connectivity index (χ4v) is 5.58. The minimum atomic E-state index is -1.14. The van der Waals surface area contributed by atoms with Crippen LogP contribution in [0.5, 0.6) is 17.2 Å². The topological polar surface area (TPSA) is 121 Å². The molecule has 9 nitrogen and oxygen atoms in total. The van der Waals surface area contributed by atoms with Crippen LogP contribution in [0.2, 0.25) is 0 Å². The molecule has 1 saturated carbocycles. The molecule has 1 aromatic heterocycles. The van der Waals surface area contributed by atoms with Crippen molar-refractivity contribution in [1.82, 2.24) is 9.47 Å². The quantitative estimate of drug-likeness (QED) is 0.284. The van der Waals surface area contributed by atoms with E-state index in [0.717, 1.165) is 16.7 Å². The number of benzene rings is 2. The van der Waals surface area contributed by atoms with Crippen LogP contribution in [-0.2, 0) is 18.2 Å². The standard InChI is InChI=1S/C34H44N2O7/c1-20-15-23(34(5,6)41)16-21(2)31(20)43-28-14-9-22(33(3,4)40)17-26(28)27-19-35(7)30(37)18-29(27)42-25-12-10-24(11-13-25)36(8)32(38)39/h9,14-19,24-25,40-41H,10-13H2,1-8H3,(H,38,39)/t24-,25-. The molecule has 1 amide bonds. The van der Waals surface area contributed by atoms with Gasteiger partial charge in [0.1, 0.15) is 17.2 Å². The van der Waals surface area contributed by atoms with Gasteiger partial charge in [0.25, 0.3) is 5.56 Å². The highest BCUT2D eigenvalue weighted by atomic mass is 16.5. The molecule has 0 radical (unpaired) electrons. The first kappa shape index (κ1) is 32.1. The van der Waals surface area contributed by atoms with E-state index in [4.69, 9.17) is 9.47 Å². The lowest BCUT2D eigenvalue weighted by molar-refractivity contribution is 0.0780. The number of aryl methyl sites for hydroxylation is 3. The van der Waals surface area contributed by atoms with Gasteiger partial charge in [-0.2, -0.15) is 0 Å². The van der Waals surface area contributed by atoms with Crippen LogP contribution in [0.3, 0.4) is 0 Å². The van der Waals surface area contributed by atoms with Crippen LogP contribution in [0.15, 0.2) is 47.4 Å². The van der Waals surface area contributed by atoms with E-state index in [2.05, 4.69) is 0 Å². The number of hydrogen-bond acceptors (Lipinski definition) is 6. The van der Waals surface area contributed by atoms with Gasteiger partial charge in [-0.1, -0.05) is 6.07 Å². The number of ether oxygens (including phenoxy) is 2. The summed E-state index contributed by atoms with van der Waals surface area (Å²) in [5, 5.41) is 30.8. The summed E-state index contributed by atoms with van der Waals surface area (Å²) in [6.45, 7) is 10.8. The smallest absolute Gasteiger partial charge is 0.407 e. The average Bonchev–Trinajstić information content (AvgIpc) is 2.91. The van der Waals surface area contributed by atoms with Crippen LogP contribution >= 0.6 is 0 Å². The normalized spacial score (nSPS) is 17.4. The Bertz CT molecular complexity index is 1530. The minimum Gasteiger partial charge on any atom is -0.490 e. The van der Waals surface area contributed by atoms with Crippen molar-refractivity contribution in [2.75, 3.05) is 7.05 Å². The molecule has 43 heavy (non-hydrogen) atoms. The predicted octanol–water partition coefficient (Wildman–Crippen LogP) is 6.22. The van der Waals surface area contributed by atoms with Gasteiger partial charge in [-0.3, -0.25) is 4.79 Å². The van der Waals surface area contributed by atoms with E-state index >= 15 is 0 Å². The molecule has 1 heterocycles. The maximum atomic E-state index is 12.8. The number of amides is 1. The van der Waals surface area contributed by atoms with E-state index in [1.165, 1.54) is 15.5 Å². The first-order valence-electron chi connectivity index (χ1n) is 14.7. The Kier molecular flexibility index (Phi) is 9.00. The van der Waals surface area contributed by atoms with Gasteiger partial charge in [-0.15, -0.1) is 0 Å². The van der Waals surface area contributed by atoms with Gasteiger partial charge in [-0.05, 0) is 114 Å². The third-order valence-corrected chi connectivity index (χ3v) is 8.33. The lowest BCUT2D eigenvalue weighted by Crippen LogP contribution is -2.40. The molecule has 1 aliphatic carbocycles. The zero-order valence-corrected chi connectivity index (χ0v) is 26.4. The SMILES string of the molecule is Cc1cc(C(C)(C)O)cc(C)c1Oc1ccc(C(C)(C)O)cc1-c1cn(C)c(=O)cc1O[C@H]1CC[C@H](N(C)C(=O)O)CC1. The first-order chi connectivity index (χ1) is 20.0. The summed E-state index contributed by atoms with van der Waals surface area (Å²) in [7, 11) is 3.26. The molecule has 0 unspecified atom stereocenters. The Morgan fingerprint density at radius 2 is 1.47 bits per heavy atom. The summed E-state index contributed by atoms with van der Waals surface area (Å²) in [4.78, 5) is 25.6. The second-order valence-corrected chi connectivity index (χ2v) is 12.8. The number of carbonyl (C=O) groups is 1. The van der Waals surface area contributed by atoms with Gasteiger partial charge < -0.3 is 34.3 Å². The molecule has 0 saturated heterocycles. The Morgan fingerprint density at radius 1 is 0.884 bits per heavy atom. The van der Waals surface area contributed by atoms with Crippen molar-refractivity contribution >= 4 is 6.09 Å². The van der Waals surface area contributed by atoms with Crippen LogP contribution in [0.4, 0.5) is 4.79 Å². The van der Waals surface area contributed by atoms with Gasteiger partial charge in [0, 0.05) is 43.5 Å². The largest absolute Gasteiger partial charge is 0.490 e. The summed E-state index contributed by atoms with van der Waals surface area (Å²) in [5.74, 6) is 1.57. The highest BCUT2D eigenvalue weighted by Crippen LogP contribution is 2.43. The van der Waals surface area contributed by atoms with Crippen LogP contribution in [0.1, 0.15) is 75.6 Å². The summed E-state index contributed by atoms with van der Waals surface area (Å²) >= 11 is 0. The van der Waals surface area contributed by atoms with E-state index in [1.54, 1.807) is 48.0 Å². The van der Waals surface area contributed by atoms with E-state index < -0.39 is 17.3 Å². The number of rotatable bonds is 8. The molecule has 0 bridgehead atoms. The van der Waals surface area contributed by atoms with Crippen molar-refractivity contribution in [2.45, 2.75) is 90.6 Å². The van der Waals surface area contributed by atoms with Crippen molar-refractivity contribution in [3.63, 3.8) is 0 Å².